The van der Waals surface area contributed by atoms with E-state index in [1.807, 2.05) is 0 Å². The van der Waals surface area contributed by atoms with Crippen LogP contribution in [-0.2, 0) is 4.79 Å². The van der Waals surface area contributed by atoms with Gasteiger partial charge in [0.2, 0.25) is 0 Å². The quantitative estimate of drug-likeness (QED) is 0.207. The van der Waals surface area contributed by atoms with Gasteiger partial charge < -0.3 is 0 Å². The van der Waals surface area contributed by atoms with E-state index in [-0.39, 0.29) is 0 Å². The van der Waals surface area contributed by atoms with Crippen LogP contribution in [0.2, 0.25) is 0 Å². The second-order valence-corrected chi connectivity index (χ2v) is 2.66. The SMILES string of the molecule is CCCCCC#C/C=C\C=C\C=O. The van der Waals surface area contributed by atoms with Gasteiger partial charge in [-0.15, -0.1) is 0 Å². The Kier molecular flexibility index (Phi) is 9.65. The van der Waals surface area contributed by atoms with E-state index >= 15 is 0 Å². The normalized spacial score (nSPS) is 10.2. The summed E-state index contributed by atoms with van der Waals surface area (Å²) in [7, 11) is 0. The van der Waals surface area contributed by atoms with Gasteiger partial charge in [0.15, 0.2) is 0 Å². The van der Waals surface area contributed by atoms with E-state index in [2.05, 4.69) is 18.8 Å². The summed E-state index contributed by atoms with van der Waals surface area (Å²) < 4.78 is 0. The Hall–Kier alpha value is -1.29. The summed E-state index contributed by atoms with van der Waals surface area (Å²) in [4.78, 5) is 9.86. The van der Waals surface area contributed by atoms with Gasteiger partial charge in [0.05, 0.1) is 0 Å². The number of hydrogen-bond donors (Lipinski definition) is 0. The lowest BCUT2D eigenvalue weighted by Crippen LogP contribution is -1.70. The van der Waals surface area contributed by atoms with E-state index in [9.17, 15) is 4.79 Å². The van der Waals surface area contributed by atoms with Crippen molar-refractivity contribution < 1.29 is 4.79 Å². The fourth-order valence-electron chi connectivity index (χ4n) is 0.808. The summed E-state index contributed by atoms with van der Waals surface area (Å²) in [5.74, 6) is 5.94. The highest BCUT2D eigenvalue weighted by molar-refractivity contribution is 5.65. The van der Waals surface area contributed by atoms with Crippen molar-refractivity contribution in [2.75, 3.05) is 0 Å². The predicted octanol–water partition coefficient (Wildman–Crippen LogP) is 2.88. The van der Waals surface area contributed by atoms with Gasteiger partial charge in [-0.1, -0.05) is 43.8 Å². The van der Waals surface area contributed by atoms with E-state index in [4.69, 9.17) is 0 Å². The second kappa shape index (κ2) is 10.7. The summed E-state index contributed by atoms with van der Waals surface area (Å²) in [5, 5.41) is 0. The molecule has 0 aliphatic carbocycles. The maximum atomic E-state index is 9.86. The van der Waals surface area contributed by atoms with Crippen molar-refractivity contribution in [1.82, 2.24) is 0 Å². The molecule has 0 fully saturated rings. The van der Waals surface area contributed by atoms with Crippen LogP contribution in [0.25, 0.3) is 0 Å². The third-order valence-corrected chi connectivity index (χ3v) is 1.49. The second-order valence-electron chi connectivity index (χ2n) is 2.66. The molecule has 1 nitrogen and oxygen atoms in total. The standard InChI is InChI=1S/C12H16O/c1-2-3-4-5-6-7-8-9-10-11-12-13/h8-12H,2-5H2,1H3/b9-8-,11-10+. The van der Waals surface area contributed by atoms with Gasteiger partial charge >= 0.3 is 0 Å². The summed E-state index contributed by atoms with van der Waals surface area (Å²) in [5.41, 5.74) is 0. The van der Waals surface area contributed by atoms with Gasteiger partial charge in [-0.05, 0) is 18.6 Å². The summed E-state index contributed by atoms with van der Waals surface area (Å²) in [6, 6.07) is 0. The Balaban J connectivity index is 3.43. The molecule has 13 heavy (non-hydrogen) atoms. The number of rotatable bonds is 5. The molecular weight excluding hydrogens is 160 g/mol. The molecule has 0 unspecified atom stereocenters. The third kappa shape index (κ3) is 10.7. The molecule has 0 radical (unpaired) electrons. The van der Waals surface area contributed by atoms with Crippen LogP contribution >= 0.6 is 0 Å². The predicted molar refractivity (Wildman–Crippen MR) is 56.3 cm³/mol. The van der Waals surface area contributed by atoms with E-state index < -0.39 is 0 Å². The molecule has 0 aromatic rings. The van der Waals surface area contributed by atoms with Crippen molar-refractivity contribution >= 4 is 6.29 Å². The van der Waals surface area contributed by atoms with E-state index in [0.717, 1.165) is 12.7 Å². The van der Waals surface area contributed by atoms with E-state index in [0.29, 0.717) is 0 Å². The Bertz CT molecular complexity index is 225. The Morgan fingerprint density at radius 3 is 2.69 bits per heavy atom. The first-order chi connectivity index (χ1) is 6.41. The summed E-state index contributed by atoms with van der Waals surface area (Å²) in [6.45, 7) is 2.18. The minimum Gasteiger partial charge on any atom is -0.299 e. The minimum absolute atomic E-state index is 0.749. The van der Waals surface area contributed by atoms with Crippen LogP contribution in [0.1, 0.15) is 32.6 Å². The zero-order valence-electron chi connectivity index (χ0n) is 8.12. The molecule has 1 heteroatoms. The van der Waals surface area contributed by atoms with Crippen LogP contribution in [0.4, 0.5) is 0 Å². The maximum Gasteiger partial charge on any atom is 0.142 e. The molecule has 0 aliphatic heterocycles. The average Bonchev–Trinajstić information content (AvgIpc) is 2.16. The van der Waals surface area contributed by atoms with E-state index in [1.54, 1.807) is 18.2 Å². The smallest absolute Gasteiger partial charge is 0.142 e. The highest BCUT2D eigenvalue weighted by Gasteiger charge is 1.78. The van der Waals surface area contributed by atoms with Crippen LogP contribution < -0.4 is 0 Å². The fraction of sp³-hybridized carbons (Fsp3) is 0.417. The lowest BCUT2D eigenvalue weighted by atomic mass is 10.2. The van der Waals surface area contributed by atoms with Crippen molar-refractivity contribution in [3.8, 4) is 11.8 Å². The number of unbranched alkanes of at least 4 members (excludes halogenated alkanes) is 3. The molecule has 0 aliphatic rings. The van der Waals surface area contributed by atoms with Crippen molar-refractivity contribution in [1.29, 1.82) is 0 Å². The first-order valence-electron chi connectivity index (χ1n) is 4.67. The Morgan fingerprint density at radius 2 is 2.00 bits per heavy atom. The minimum atomic E-state index is 0.749. The van der Waals surface area contributed by atoms with Gasteiger partial charge in [0.1, 0.15) is 6.29 Å². The summed E-state index contributed by atoms with van der Waals surface area (Å²) in [6.07, 6.45) is 12.0. The third-order valence-electron chi connectivity index (χ3n) is 1.49. The first kappa shape index (κ1) is 11.7. The molecule has 0 N–H and O–H groups in total. The largest absolute Gasteiger partial charge is 0.299 e. The first-order valence-corrected chi connectivity index (χ1v) is 4.67. The maximum absolute atomic E-state index is 9.86. The van der Waals surface area contributed by atoms with Gasteiger partial charge in [-0.25, -0.2) is 0 Å². The van der Waals surface area contributed by atoms with Crippen molar-refractivity contribution in [3.05, 3.63) is 24.3 Å². The average molecular weight is 176 g/mol. The number of aldehydes is 1. The summed E-state index contributed by atoms with van der Waals surface area (Å²) >= 11 is 0. The van der Waals surface area contributed by atoms with Gasteiger partial charge in [-0.2, -0.15) is 0 Å². The molecule has 0 aromatic carbocycles. The highest BCUT2D eigenvalue weighted by Crippen LogP contribution is 1.96. The zero-order chi connectivity index (χ0) is 9.78. The van der Waals surface area contributed by atoms with Crippen LogP contribution in [0.3, 0.4) is 0 Å². The van der Waals surface area contributed by atoms with Gasteiger partial charge in [0, 0.05) is 6.42 Å². The van der Waals surface area contributed by atoms with Crippen molar-refractivity contribution in [2.24, 2.45) is 0 Å². The molecule has 0 amide bonds. The number of hydrogen-bond acceptors (Lipinski definition) is 1. The molecule has 0 saturated heterocycles. The molecule has 0 saturated carbocycles. The van der Waals surface area contributed by atoms with Crippen molar-refractivity contribution in [2.45, 2.75) is 32.6 Å². The van der Waals surface area contributed by atoms with Gasteiger partial charge in [0.25, 0.3) is 0 Å². The van der Waals surface area contributed by atoms with Crippen LogP contribution in [0, 0.1) is 11.8 Å². The lowest BCUT2D eigenvalue weighted by Gasteiger charge is -1.87. The van der Waals surface area contributed by atoms with Crippen LogP contribution in [0.5, 0.6) is 0 Å². The molecule has 0 aromatic heterocycles. The lowest BCUT2D eigenvalue weighted by molar-refractivity contribution is -0.104. The zero-order valence-corrected chi connectivity index (χ0v) is 8.12. The fourth-order valence-corrected chi connectivity index (χ4v) is 0.808. The number of carbonyl (C=O) groups excluding carboxylic acids is 1. The monoisotopic (exact) mass is 176 g/mol. The molecule has 0 atom stereocenters. The molecule has 0 rings (SSSR count). The van der Waals surface area contributed by atoms with E-state index in [1.165, 1.54) is 25.3 Å². The Labute approximate surface area is 80.5 Å². The molecule has 0 spiro atoms. The molecule has 0 heterocycles. The molecule has 0 bridgehead atoms. The molecule has 70 valence electrons. The van der Waals surface area contributed by atoms with Crippen LogP contribution in [-0.4, -0.2) is 6.29 Å². The van der Waals surface area contributed by atoms with Gasteiger partial charge in [-0.3, -0.25) is 4.79 Å². The molecular formula is C12H16O. The van der Waals surface area contributed by atoms with Crippen LogP contribution in [0.15, 0.2) is 24.3 Å². The number of carbonyl (C=O) groups is 1. The van der Waals surface area contributed by atoms with Crippen molar-refractivity contribution in [3.63, 3.8) is 0 Å². The highest BCUT2D eigenvalue weighted by atomic mass is 16.1. The number of allylic oxidation sites excluding steroid dienone is 4. The Morgan fingerprint density at radius 1 is 1.15 bits per heavy atom. The topological polar surface area (TPSA) is 17.1 Å².